The maximum Gasteiger partial charge on any atom is 0.249 e. The fourth-order valence-electron chi connectivity index (χ4n) is 1.47. The van der Waals surface area contributed by atoms with E-state index >= 15 is 0 Å². The summed E-state index contributed by atoms with van der Waals surface area (Å²) in [5.74, 6) is 0.500. The first-order chi connectivity index (χ1) is 9.12. The summed E-state index contributed by atoms with van der Waals surface area (Å²) < 4.78 is 29.3. The summed E-state index contributed by atoms with van der Waals surface area (Å²) in [7, 11) is -0.807. The third-order valence-corrected chi connectivity index (χ3v) is 6.25. The van der Waals surface area contributed by atoms with Crippen molar-refractivity contribution in [3.8, 4) is 0 Å². The number of rotatable bonds is 7. The summed E-state index contributed by atoms with van der Waals surface area (Å²) in [4.78, 5) is -0.0348. The summed E-state index contributed by atoms with van der Waals surface area (Å²) >= 11 is 2.48. The summed E-state index contributed by atoms with van der Waals surface area (Å²) in [6, 6.07) is 0. The average molecular weight is 340 g/mol. The minimum atomic E-state index is -3.67. The molecule has 10 heteroatoms. The van der Waals surface area contributed by atoms with Crippen LogP contribution < -0.4 is 11.1 Å². The minimum absolute atomic E-state index is 0.0318. The Morgan fingerprint density at radius 1 is 1.55 bits per heavy atom. The van der Waals surface area contributed by atoms with Crippen molar-refractivity contribution in [3.05, 3.63) is 0 Å². The zero-order chi connectivity index (χ0) is 15.6. The van der Waals surface area contributed by atoms with E-state index in [1.54, 1.807) is 6.92 Å². The molecule has 1 heterocycles. The molecule has 0 saturated carbocycles. The molecule has 0 bridgehead atoms. The number of nitrogens with one attached hydrogen (secondary N) is 1. The van der Waals surface area contributed by atoms with Gasteiger partial charge in [0.15, 0.2) is 10.7 Å². The maximum atomic E-state index is 12.2. The summed E-state index contributed by atoms with van der Waals surface area (Å²) in [6.45, 7) is 1.90. The number of nitrogens with zero attached hydrogens (tertiary/aromatic N) is 2. The van der Waals surface area contributed by atoms with Crippen molar-refractivity contribution in [2.24, 2.45) is 0 Å². The van der Waals surface area contributed by atoms with E-state index in [4.69, 9.17) is 5.73 Å². The summed E-state index contributed by atoms with van der Waals surface area (Å²) in [5, 5.41) is 13.4. The molecule has 0 spiro atoms. The Hall–Kier alpha value is -0.550. The van der Waals surface area contributed by atoms with Gasteiger partial charge >= 0.3 is 0 Å². The standard InChI is InChI=1S/C10H20N4O3S3/c1-10(15,6-18-4)5-12-9-7(8(11)13-19-9)20(16,17)14(2)3/h12,15H,5-6H2,1-4H3,(H2,11,13). The fourth-order valence-corrected chi connectivity index (χ4v) is 4.27. The monoisotopic (exact) mass is 340 g/mol. The van der Waals surface area contributed by atoms with Gasteiger partial charge in [0.05, 0.1) is 5.60 Å². The van der Waals surface area contributed by atoms with Crippen LogP contribution in [-0.4, -0.2) is 60.5 Å². The largest absolute Gasteiger partial charge is 0.387 e. The first-order valence-corrected chi connectivity index (χ1v) is 9.35. The van der Waals surface area contributed by atoms with Crippen LogP contribution in [0.2, 0.25) is 0 Å². The van der Waals surface area contributed by atoms with Gasteiger partial charge < -0.3 is 16.2 Å². The van der Waals surface area contributed by atoms with Gasteiger partial charge in [-0.05, 0) is 24.7 Å². The van der Waals surface area contributed by atoms with Crippen LogP contribution >= 0.6 is 23.3 Å². The van der Waals surface area contributed by atoms with Gasteiger partial charge in [-0.2, -0.15) is 16.1 Å². The number of hydrogen-bond donors (Lipinski definition) is 3. The smallest absolute Gasteiger partial charge is 0.249 e. The van der Waals surface area contributed by atoms with Crippen LogP contribution in [0.3, 0.4) is 0 Å². The fraction of sp³-hybridized carbons (Fsp3) is 0.700. The highest BCUT2D eigenvalue weighted by atomic mass is 32.2. The Bertz CT molecular complexity index is 554. The van der Waals surface area contributed by atoms with Crippen LogP contribution in [0.5, 0.6) is 0 Å². The molecule has 0 fully saturated rings. The van der Waals surface area contributed by atoms with Crippen molar-refractivity contribution in [2.75, 3.05) is 43.7 Å². The second-order valence-electron chi connectivity index (χ2n) is 4.80. The molecule has 0 aliphatic rings. The van der Waals surface area contributed by atoms with E-state index in [0.717, 1.165) is 15.8 Å². The lowest BCUT2D eigenvalue weighted by Gasteiger charge is -2.23. The van der Waals surface area contributed by atoms with Crippen molar-refractivity contribution in [2.45, 2.75) is 17.4 Å². The Labute approximate surface area is 127 Å². The molecule has 0 aliphatic heterocycles. The zero-order valence-electron chi connectivity index (χ0n) is 11.9. The first-order valence-electron chi connectivity index (χ1n) is 5.74. The second kappa shape index (κ2) is 6.48. The molecule has 4 N–H and O–H groups in total. The Morgan fingerprint density at radius 3 is 2.65 bits per heavy atom. The lowest BCUT2D eigenvalue weighted by molar-refractivity contribution is 0.0997. The molecule has 1 rings (SSSR count). The highest BCUT2D eigenvalue weighted by Gasteiger charge is 2.29. The zero-order valence-corrected chi connectivity index (χ0v) is 14.3. The summed E-state index contributed by atoms with van der Waals surface area (Å²) in [6.07, 6.45) is 1.89. The van der Waals surface area contributed by atoms with E-state index in [9.17, 15) is 13.5 Å². The molecule has 0 amide bonds. The molecule has 1 aromatic rings. The Morgan fingerprint density at radius 2 is 2.15 bits per heavy atom. The van der Waals surface area contributed by atoms with Gasteiger partial charge in [-0.25, -0.2) is 12.7 Å². The maximum absolute atomic E-state index is 12.2. The third kappa shape index (κ3) is 3.98. The van der Waals surface area contributed by atoms with Crippen LogP contribution in [0, 0.1) is 0 Å². The summed E-state index contributed by atoms with van der Waals surface area (Å²) in [5.41, 5.74) is 4.70. The Balaban J connectivity index is 3.00. The molecule has 1 atom stereocenters. The number of anilines is 2. The predicted octanol–water partition coefficient (Wildman–Crippen LogP) is 0.501. The number of thioether (sulfide) groups is 1. The van der Waals surface area contributed by atoms with Gasteiger partial charge in [-0.3, -0.25) is 0 Å². The molecule has 116 valence electrons. The molecule has 0 aromatic carbocycles. The molecular weight excluding hydrogens is 320 g/mol. The van der Waals surface area contributed by atoms with Crippen LogP contribution in [0.4, 0.5) is 10.8 Å². The number of aliphatic hydroxyl groups is 1. The Kier molecular flexibility index (Phi) is 5.67. The first kappa shape index (κ1) is 17.5. The molecule has 0 saturated heterocycles. The number of sulfonamides is 1. The SMILES string of the molecule is CSCC(C)(O)CNc1snc(N)c1S(=O)(=O)N(C)C. The van der Waals surface area contributed by atoms with Gasteiger partial charge in [-0.1, -0.05) is 0 Å². The van der Waals surface area contributed by atoms with Gasteiger partial charge in [0.2, 0.25) is 10.0 Å². The van der Waals surface area contributed by atoms with E-state index in [-0.39, 0.29) is 17.3 Å². The van der Waals surface area contributed by atoms with Gasteiger partial charge in [0.1, 0.15) is 5.00 Å². The number of aromatic nitrogens is 1. The molecule has 1 unspecified atom stereocenters. The predicted molar refractivity (Wildman–Crippen MR) is 84.9 cm³/mol. The van der Waals surface area contributed by atoms with Gasteiger partial charge in [0, 0.05) is 26.4 Å². The van der Waals surface area contributed by atoms with E-state index < -0.39 is 15.6 Å². The number of nitrogen functional groups attached to an aromatic ring is 1. The van der Waals surface area contributed by atoms with E-state index in [1.807, 2.05) is 6.26 Å². The average Bonchev–Trinajstić information content (AvgIpc) is 2.68. The van der Waals surface area contributed by atoms with Crippen LogP contribution in [-0.2, 0) is 10.0 Å². The molecule has 7 nitrogen and oxygen atoms in total. The minimum Gasteiger partial charge on any atom is -0.387 e. The molecular formula is C10H20N4O3S3. The van der Waals surface area contributed by atoms with Crippen molar-refractivity contribution >= 4 is 44.1 Å². The van der Waals surface area contributed by atoms with E-state index in [0.29, 0.717) is 10.8 Å². The van der Waals surface area contributed by atoms with Crippen LogP contribution in [0.25, 0.3) is 0 Å². The van der Waals surface area contributed by atoms with Gasteiger partial charge in [-0.15, -0.1) is 0 Å². The molecule has 0 aliphatic carbocycles. The molecule has 1 aromatic heterocycles. The van der Waals surface area contributed by atoms with Crippen molar-refractivity contribution in [1.82, 2.24) is 8.68 Å². The van der Waals surface area contributed by atoms with Crippen molar-refractivity contribution < 1.29 is 13.5 Å². The topological polar surface area (TPSA) is 109 Å². The van der Waals surface area contributed by atoms with E-state index in [2.05, 4.69) is 9.69 Å². The molecule has 0 radical (unpaired) electrons. The van der Waals surface area contributed by atoms with Crippen molar-refractivity contribution in [3.63, 3.8) is 0 Å². The van der Waals surface area contributed by atoms with Crippen LogP contribution in [0.15, 0.2) is 4.90 Å². The number of nitrogens with two attached hydrogens (primary N) is 1. The third-order valence-electron chi connectivity index (χ3n) is 2.50. The normalized spacial score (nSPS) is 15.3. The van der Waals surface area contributed by atoms with Gasteiger partial charge in [0.25, 0.3) is 0 Å². The van der Waals surface area contributed by atoms with E-state index in [1.165, 1.54) is 25.9 Å². The molecule has 20 heavy (non-hydrogen) atoms. The van der Waals surface area contributed by atoms with Crippen molar-refractivity contribution in [1.29, 1.82) is 0 Å². The highest BCUT2D eigenvalue weighted by Crippen LogP contribution is 2.33. The van der Waals surface area contributed by atoms with Crippen LogP contribution in [0.1, 0.15) is 6.92 Å². The second-order valence-corrected chi connectivity index (χ2v) is 8.53. The lowest BCUT2D eigenvalue weighted by atomic mass is 10.1. The quantitative estimate of drug-likeness (QED) is 0.663. The number of hydrogen-bond acceptors (Lipinski definition) is 8. The lowest BCUT2D eigenvalue weighted by Crippen LogP contribution is -2.36. The highest BCUT2D eigenvalue weighted by molar-refractivity contribution is 7.98.